The van der Waals surface area contributed by atoms with Crippen LogP contribution in [0.1, 0.15) is 5.56 Å². The fraction of sp³-hybridized carbons (Fsp3) is 0. The van der Waals surface area contributed by atoms with Crippen LogP contribution in [0.4, 0.5) is 0 Å². The van der Waals surface area contributed by atoms with Crippen molar-refractivity contribution in [3.05, 3.63) is 47.5 Å². The fourth-order valence-electron chi connectivity index (χ4n) is 1.30. The van der Waals surface area contributed by atoms with E-state index in [4.69, 9.17) is 6.42 Å². The first kappa shape index (κ1) is 9.22. The topological polar surface area (TPSA) is 38.7 Å². The van der Waals surface area contributed by atoms with Crippen LogP contribution in [-0.4, -0.2) is 11.7 Å². The van der Waals surface area contributed by atoms with Crippen molar-refractivity contribution in [2.75, 3.05) is 0 Å². The van der Waals surface area contributed by atoms with E-state index < -0.39 is 5.97 Å². The molecule has 0 fully saturated rings. The summed E-state index contributed by atoms with van der Waals surface area (Å²) in [5.41, 5.74) is 1.62. The summed E-state index contributed by atoms with van der Waals surface area (Å²) in [6.07, 6.45) is 6.48. The predicted molar refractivity (Wildman–Crippen MR) is 56.0 cm³/mol. The maximum atomic E-state index is 11.2. The molecule has 0 aliphatic carbocycles. The highest BCUT2D eigenvalue weighted by atomic mass is 16.7. The minimum Gasteiger partial charge on any atom is -0.312 e. The number of allylic oxidation sites excluding steroid dienone is 1. The molecule has 2 rings (SSSR count). The lowest BCUT2D eigenvalue weighted by Crippen LogP contribution is -2.06. The van der Waals surface area contributed by atoms with Gasteiger partial charge in [-0.15, -0.1) is 6.42 Å². The van der Waals surface area contributed by atoms with Crippen molar-refractivity contribution in [2.24, 2.45) is 5.16 Å². The highest BCUT2D eigenvalue weighted by Gasteiger charge is 2.25. The average molecular weight is 197 g/mol. The van der Waals surface area contributed by atoms with Crippen LogP contribution in [0.15, 0.2) is 47.1 Å². The first-order chi connectivity index (χ1) is 7.33. The van der Waals surface area contributed by atoms with Gasteiger partial charge in [-0.3, -0.25) is 0 Å². The Labute approximate surface area is 87.0 Å². The van der Waals surface area contributed by atoms with Gasteiger partial charge < -0.3 is 4.84 Å². The number of hydrogen-bond donors (Lipinski definition) is 0. The highest BCUT2D eigenvalue weighted by molar-refractivity contribution is 6.29. The van der Waals surface area contributed by atoms with Crippen LogP contribution in [0.25, 0.3) is 0 Å². The van der Waals surface area contributed by atoms with Crippen molar-refractivity contribution in [3.63, 3.8) is 0 Å². The summed E-state index contributed by atoms with van der Waals surface area (Å²) < 4.78 is 0. The molecular weight excluding hydrogens is 190 g/mol. The zero-order valence-corrected chi connectivity index (χ0v) is 7.81. The van der Waals surface area contributed by atoms with Gasteiger partial charge in [0.2, 0.25) is 0 Å². The summed E-state index contributed by atoms with van der Waals surface area (Å²) in [4.78, 5) is 15.8. The zero-order valence-electron chi connectivity index (χ0n) is 7.81. The maximum absolute atomic E-state index is 11.2. The van der Waals surface area contributed by atoms with Gasteiger partial charge in [0.25, 0.3) is 0 Å². The third kappa shape index (κ3) is 1.65. The lowest BCUT2D eigenvalue weighted by Gasteiger charge is -1.97. The molecule has 0 spiro atoms. The smallest absolute Gasteiger partial charge is 0.312 e. The second-order valence-electron chi connectivity index (χ2n) is 2.91. The van der Waals surface area contributed by atoms with E-state index in [2.05, 4.69) is 15.9 Å². The first-order valence-corrected chi connectivity index (χ1v) is 4.34. The van der Waals surface area contributed by atoms with Gasteiger partial charge in [0.1, 0.15) is 11.3 Å². The molecule has 0 aromatic heterocycles. The Hall–Kier alpha value is -2.34. The normalized spacial score (nSPS) is 17.1. The molecule has 1 aliphatic rings. The minimum absolute atomic E-state index is 0.323. The summed E-state index contributed by atoms with van der Waals surface area (Å²) in [6.45, 7) is 0. The van der Waals surface area contributed by atoms with Crippen LogP contribution >= 0.6 is 0 Å². The Kier molecular flexibility index (Phi) is 2.34. The molecule has 0 saturated heterocycles. The van der Waals surface area contributed by atoms with Crippen LogP contribution in [0.2, 0.25) is 0 Å². The lowest BCUT2D eigenvalue weighted by atomic mass is 10.0. The van der Waals surface area contributed by atoms with E-state index in [1.165, 1.54) is 6.08 Å². The molecule has 3 heteroatoms. The number of rotatable bonds is 1. The van der Waals surface area contributed by atoms with Crippen molar-refractivity contribution in [1.29, 1.82) is 0 Å². The van der Waals surface area contributed by atoms with E-state index in [1.807, 2.05) is 30.3 Å². The molecule has 0 radical (unpaired) electrons. The third-order valence-electron chi connectivity index (χ3n) is 1.97. The largest absolute Gasteiger partial charge is 0.368 e. The fourth-order valence-corrected chi connectivity index (χ4v) is 1.30. The summed E-state index contributed by atoms with van der Waals surface area (Å²) in [5.74, 6) is 1.79. The number of hydrogen-bond acceptors (Lipinski definition) is 3. The molecule has 1 aliphatic heterocycles. The lowest BCUT2D eigenvalue weighted by molar-refractivity contribution is -0.136. The summed E-state index contributed by atoms with van der Waals surface area (Å²) >= 11 is 0. The monoisotopic (exact) mass is 197 g/mol. The van der Waals surface area contributed by atoms with Crippen molar-refractivity contribution in [2.45, 2.75) is 0 Å². The molecular formula is C12H7NO2. The second-order valence-corrected chi connectivity index (χ2v) is 2.91. The zero-order chi connectivity index (χ0) is 10.7. The Morgan fingerprint density at radius 1 is 1.33 bits per heavy atom. The number of carbonyl (C=O) groups is 1. The molecule has 1 heterocycles. The number of benzene rings is 1. The molecule has 0 saturated carbocycles. The van der Waals surface area contributed by atoms with Gasteiger partial charge >= 0.3 is 5.97 Å². The van der Waals surface area contributed by atoms with E-state index in [-0.39, 0.29) is 0 Å². The van der Waals surface area contributed by atoms with Gasteiger partial charge in [-0.1, -0.05) is 41.4 Å². The van der Waals surface area contributed by atoms with Crippen molar-refractivity contribution in [3.8, 4) is 12.3 Å². The van der Waals surface area contributed by atoms with Gasteiger partial charge in [0.15, 0.2) is 0 Å². The highest BCUT2D eigenvalue weighted by Crippen LogP contribution is 2.17. The molecule has 0 unspecified atom stereocenters. The van der Waals surface area contributed by atoms with E-state index in [9.17, 15) is 4.79 Å². The van der Waals surface area contributed by atoms with Crippen LogP contribution in [-0.2, 0) is 9.63 Å². The molecule has 1 aromatic rings. The second kappa shape index (κ2) is 3.81. The summed E-state index contributed by atoms with van der Waals surface area (Å²) in [7, 11) is 0. The quantitative estimate of drug-likeness (QED) is 0.389. The Morgan fingerprint density at radius 2 is 2.07 bits per heavy atom. The minimum atomic E-state index is -0.508. The van der Waals surface area contributed by atoms with Gasteiger partial charge in [0.05, 0.1) is 0 Å². The third-order valence-corrected chi connectivity index (χ3v) is 1.97. The van der Waals surface area contributed by atoms with Gasteiger partial charge in [-0.2, -0.15) is 0 Å². The van der Waals surface area contributed by atoms with Crippen molar-refractivity contribution < 1.29 is 9.63 Å². The molecule has 0 amide bonds. The molecule has 0 atom stereocenters. The molecule has 72 valence electrons. The molecule has 0 N–H and O–H groups in total. The SMILES string of the molecule is C#C/C=C1/C(=O)ON=C1c1ccccc1. The van der Waals surface area contributed by atoms with E-state index in [1.54, 1.807) is 0 Å². The molecule has 3 nitrogen and oxygen atoms in total. The van der Waals surface area contributed by atoms with Crippen LogP contribution < -0.4 is 0 Å². The average Bonchev–Trinajstić information content (AvgIpc) is 2.63. The Balaban J connectivity index is 2.44. The van der Waals surface area contributed by atoms with Gasteiger partial charge in [0, 0.05) is 11.6 Å². The Morgan fingerprint density at radius 3 is 2.73 bits per heavy atom. The standard InChI is InChI=1S/C12H7NO2/c1-2-6-10-11(13-15-12(10)14)9-7-4-3-5-8-9/h1,3-8H/b10-6+. The first-order valence-electron chi connectivity index (χ1n) is 4.34. The molecule has 0 bridgehead atoms. The molecule has 1 aromatic carbocycles. The van der Waals surface area contributed by atoms with Crippen LogP contribution in [0, 0.1) is 12.3 Å². The number of carbonyl (C=O) groups excluding carboxylic acids is 1. The van der Waals surface area contributed by atoms with Crippen molar-refractivity contribution in [1.82, 2.24) is 0 Å². The summed E-state index contributed by atoms with van der Waals surface area (Å²) in [5, 5.41) is 3.69. The molecule has 15 heavy (non-hydrogen) atoms. The summed E-state index contributed by atoms with van der Waals surface area (Å²) in [6, 6.07) is 9.27. The predicted octanol–water partition coefficient (Wildman–Crippen LogP) is 1.51. The number of oxime groups is 1. The number of terminal acetylenes is 1. The number of nitrogens with zero attached hydrogens (tertiary/aromatic N) is 1. The van der Waals surface area contributed by atoms with E-state index in [0.717, 1.165) is 5.56 Å². The van der Waals surface area contributed by atoms with Crippen molar-refractivity contribution >= 4 is 11.7 Å². The maximum Gasteiger partial charge on any atom is 0.368 e. The van der Waals surface area contributed by atoms with Crippen LogP contribution in [0.3, 0.4) is 0 Å². The van der Waals surface area contributed by atoms with Gasteiger partial charge in [-0.05, 0) is 0 Å². The Bertz CT molecular complexity index is 492. The van der Waals surface area contributed by atoms with Crippen LogP contribution in [0.5, 0.6) is 0 Å². The van der Waals surface area contributed by atoms with E-state index >= 15 is 0 Å². The van der Waals surface area contributed by atoms with Gasteiger partial charge in [-0.25, -0.2) is 4.79 Å². The van der Waals surface area contributed by atoms with E-state index in [0.29, 0.717) is 11.3 Å².